The van der Waals surface area contributed by atoms with E-state index in [-0.39, 0.29) is 0 Å². The van der Waals surface area contributed by atoms with Crippen molar-refractivity contribution in [1.29, 1.82) is 0 Å². The van der Waals surface area contributed by atoms with Gasteiger partial charge in [-0.25, -0.2) is 0 Å². The first-order chi connectivity index (χ1) is 17.5. The molecule has 0 unspecified atom stereocenters. The lowest BCUT2D eigenvalue weighted by Crippen LogP contribution is -2.28. The molecule has 0 atom stereocenters. The maximum atomic E-state index is 6.24. The molecule has 0 radical (unpaired) electrons. The van der Waals surface area contributed by atoms with E-state index in [9.17, 15) is 0 Å². The molecule has 0 saturated carbocycles. The van der Waals surface area contributed by atoms with Crippen LogP contribution in [0.15, 0.2) is 129 Å². The quantitative estimate of drug-likeness (QED) is 0.208. The Morgan fingerprint density at radius 2 is 0.778 bits per heavy atom. The van der Waals surface area contributed by atoms with Gasteiger partial charge in [-0.15, -0.1) is 0 Å². The minimum absolute atomic E-state index is 0.743. The van der Waals surface area contributed by atoms with E-state index in [1.165, 1.54) is 0 Å². The molecule has 0 saturated heterocycles. The molecule has 0 aliphatic carbocycles. The molecule has 6 heteroatoms. The fraction of sp³-hybridized carbons (Fsp3) is 0. The highest BCUT2D eigenvalue weighted by Gasteiger charge is 2.45. The summed E-state index contributed by atoms with van der Waals surface area (Å²) in [6, 6.07) is 37.2. The fourth-order valence-electron chi connectivity index (χ4n) is 4.71. The van der Waals surface area contributed by atoms with Gasteiger partial charge in [0.25, 0.3) is 0 Å². The molecule has 2 aliphatic rings. The number of nitrogens with zero attached hydrogens (tertiary/aromatic N) is 2. The minimum atomic E-state index is 0.743. The highest BCUT2D eigenvalue weighted by molar-refractivity contribution is 9.10. The Kier molecular flexibility index (Phi) is 6.21. The second-order valence-corrected chi connectivity index (χ2v) is 11.0. The molecule has 0 amide bonds. The number of thiocarbonyl (C=S) groups is 2. The molecule has 0 bridgehead atoms. The zero-order valence-corrected chi connectivity index (χ0v) is 23.7. The van der Waals surface area contributed by atoms with Crippen molar-refractivity contribution in [3.8, 4) is 0 Å². The number of fused-ring (bicyclic) bond motifs is 1. The summed E-state index contributed by atoms with van der Waals surface area (Å²) in [5, 5.41) is 0. The van der Waals surface area contributed by atoms with E-state index in [0.717, 1.165) is 64.0 Å². The van der Waals surface area contributed by atoms with E-state index in [2.05, 4.69) is 114 Å². The third-order valence-electron chi connectivity index (χ3n) is 6.27. The minimum Gasteiger partial charge on any atom is -0.299 e. The van der Waals surface area contributed by atoms with Crippen LogP contribution in [0.2, 0.25) is 0 Å². The first-order valence-electron chi connectivity index (χ1n) is 11.3. The predicted octanol–water partition coefficient (Wildman–Crippen LogP) is 9.03. The number of hydrogen-bond acceptors (Lipinski definition) is 2. The van der Waals surface area contributed by atoms with Gasteiger partial charge in [-0.3, -0.25) is 9.80 Å². The Balaban J connectivity index is 1.68. The third kappa shape index (κ3) is 3.89. The fourth-order valence-corrected chi connectivity index (χ4v) is 6.03. The Hall–Kier alpha value is -2.90. The number of benzene rings is 4. The Labute approximate surface area is 237 Å². The van der Waals surface area contributed by atoms with Crippen molar-refractivity contribution in [2.75, 3.05) is 9.80 Å². The number of hydrogen-bond donors (Lipinski definition) is 0. The summed E-state index contributed by atoms with van der Waals surface area (Å²) in [6.45, 7) is 0. The monoisotopic (exact) mass is 628 g/mol. The zero-order valence-electron chi connectivity index (χ0n) is 18.9. The summed E-state index contributed by atoms with van der Waals surface area (Å²) in [5.74, 6) is 0. The first-order valence-corrected chi connectivity index (χ1v) is 13.7. The van der Waals surface area contributed by atoms with Crippen LogP contribution in [-0.2, 0) is 0 Å². The van der Waals surface area contributed by atoms with Crippen molar-refractivity contribution < 1.29 is 0 Å². The summed E-state index contributed by atoms with van der Waals surface area (Å²) >= 11 is 19.6. The summed E-state index contributed by atoms with van der Waals surface area (Å²) in [4.78, 5) is 5.81. The average Bonchev–Trinajstić information content (AvgIpc) is 3.38. The Bertz CT molecular complexity index is 1440. The summed E-state index contributed by atoms with van der Waals surface area (Å²) in [5.41, 5.74) is 8.13. The van der Waals surface area contributed by atoms with E-state index >= 15 is 0 Å². The lowest BCUT2D eigenvalue weighted by molar-refractivity contribution is 1.37. The summed E-state index contributed by atoms with van der Waals surface area (Å²) in [6.07, 6.45) is 0. The normalized spacial score (nSPS) is 15.3. The van der Waals surface area contributed by atoms with Crippen molar-refractivity contribution >= 4 is 89.0 Å². The van der Waals surface area contributed by atoms with E-state index in [1.54, 1.807) is 0 Å². The maximum Gasteiger partial charge on any atom is 0.121 e. The molecule has 0 fully saturated rings. The van der Waals surface area contributed by atoms with Crippen LogP contribution in [0, 0.1) is 0 Å². The number of anilines is 2. The van der Waals surface area contributed by atoms with Gasteiger partial charge in [0.15, 0.2) is 0 Å². The van der Waals surface area contributed by atoms with E-state index in [1.807, 2.05) is 36.4 Å². The first kappa shape index (κ1) is 23.5. The molecule has 36 heavy (non-hydrogen) atoms. The molecule has 0 spiro atoms. The second-order valence-electron chi connectivity index (χ2n) is 8.41. The van der Waals surface area contributed by atoms with Gasteiger partial charge in [-0.05, 0) is 59.7 Å². The highest BCUT2D eigenvalue weighted by atomic mass is 79.9. The van der Waals surface area contributed by atoms with Crippen LogP contribution in [0.3, 0.4) is 0 Å². The molecule has 6 rings (SSSR count). The Morgan fingerprint density at radius 3 is 1.11 bits per heavy atom. The van der Waals surface area contributed by atoms with Gasteiger partial charge in [-0.2, -0.15) is 0 Å². The van der Waals surface area contributed by atoms with Gasteiger partial charge in [0, 0.05) is 31.5 Å². The average molecular weight is 630 g/mol. The van der Waals surface area contributed by atoms with E-state index in [0.29, 0.717) is 0 Å². The van der Waals surface area contributed by atoms with E-state index in [4.69, 9.17) is 24.4 Å². The molecule has 2 nitrogen and oxygen atoms in total. The van der Waals surface area contributed by atoms with Crippen LogP contribution in [0.25, 0.3) is 11.4 Å². The molecule has 2 aliphatic heterocycles. The van der Waals surface area contributed by atoms with Gasteiger partial charge >= 0.3 is 0 Å². The number of rotatable bonds is 4. The molecule has 0 aromatic heterocycles. The summed E-state index contributed by atoms with van der Waals surface area (Å²) < 4.78 is 2.05. The van der Waals surface area contributed by atoms with Crippen LogP contribution < -0.4 is 9.80 Å². The van der Waals surface area contributed by atoms with Crippen molar-refractivity contribution in [3.05, 3.63) is 140 Å². The standard InChI is InChI=1S/C30H18Br2N2S2/c31-21-15-11-19(12-16-21)27-25-26(29(35)33(27)23-7-3-1-4-8-23)28(20-13-17-22(32)18-14-20)34(30(25)36)24-9-5-2-6-10-24/h1-18H. The third-order valence-corrected chi connectivity index (χ3v) is 8.10. The molecule has 4 aromatic carbocycles. The molecule has 0 N–H and O–H groups in total. The highest BCUT2D eigenvalue weighted by Crippen LogP contribution is 2.50. The van der Waals surface area contributed by atoms with Gasteiger partial charge in [-0.1, -0.05) is 117 Å². The van der Waals surface area contributed by atoms with Gasteiger partial charge in [0.1, 0.15) is 9.98 Å². The smallest absolute Gasteiger partial charge is 0.121 e. The molecular formula is C30H18Br2N2S2. The second kappa shape index (κ2) is 9.52. The molecule has 174 valence electrons. The lowest BCUT2D eigenvalue weighted by atomic mass is 10.0. The predicted molar refractivity (Wildman–Crippen MR) is 165 cm³/mol. The lowest BCUT2D eigenvalue weighted by Gasteiger charge is -2.28. The molecular weight excluding hydrogens is 612 g/mol. The van der Waals surface area contributed by atoms with Crippen LogP contribution in [0.4, 0.5) is 11.4 Å². The van der Waals surface area contributed by atoms with Crippen LogP contribution in [0.5, 0.6) is 0 Å². The van der Waals surface area contributed by atoms with Crippen LogP contribution in [-0.4, -0.2) is 9.98 Å². The molecule has 4 aromatic rings. The van der Waals surface area contributed by atoms with Gasteiger partial charge < -0.3 is 0 Å². The zero-order chi connectivity index (χ0) is 24.8. The van der Waals surface area contributed by atoms with Gasteiger partial charge in [0.2, 0.25) is 0 Å². The van der Waals surface area contributed by atoms with Crippen LogP contribution in [0.1, 0.15) is 11.1 Å². The SMILES string of the molecule is S=C1C2=C(c3ccc(Br)cc3)N(c3ccccc3)C(=S)C2=C(c2ccc(Br)cc2)N1c1ccccc1. The largest absolute Gasteiger partial charge is 0.299 e. The Morgan fingerprint density at radius 1 is 0.444 bits per heavy atom. The number of para-hydroxylation sites is 2. The van der Waals surface area contributed by atoms with Crippen molar-refractivity contribution in [3.63, 3.8) is 0 Å². The maximum absolute atomic E-state index is 6.24. The van der Waals surface area contributed by atoms with Crippen molar-refractivity contribution in [1.82, 2.24) is 0 Å². The van der Waals surface area contributed by atoms with Crippen LogP contribution >= 0.6 is 56.3 Å². The summed E-state index contributed by atoms with van der Waals surface area (Å²) in [7, 11) is 0. The topological polar surface area (TPSA) is 6.48 Å². The molecule has 2 heterocycles. The van der Waals surface area contributed by atoms with Crippen molar-refractivity contribution in [2.45, 2.75) is 0 Å². The van der Waals surface area contributed by atoms with Gasteiger partial charge in [0.05, 0.1) is 11.4 Å². The number of halogens is 2. The van der Waals surface area contributed by atoms with Crippen molar-refractivity contribution in [2.24, 2.45) is 0 Å². The van der Waals surface area contributed by atoms with E-state index < -0.39 is 0 Å².